The van der Waals surface area contributed by atoms with Crippen molar-refractivity contribution in [3.63, 3.8) is 0 Å². The van der Waals surface area contributed by atoms with Crippen LogP contribution < -0.4 is 11.1 Å². The van der Waals surface area contributed by atoms with Crippen LogP contribution in [-0.4, -0.2) is 43.0 Å². The highest BCUT2D eigenvalue weighted by atomic mass is 79.9. The van der Waals surface area contributed by atoms with Crippen LogP contribution in [0, 0.1) is 5.92 Å². The van der Waals surface area contributed by atoms with E-state index >= 15 is 0 Å². The molecule has 2 atom stereocenters. The van der Waals surface area contributed by atoms with Crippen LogP contribution in [0.5, 0.6) is 0 Å². The summed E-state index contributed by atoms with van der Waals surface area (Å²) in [5.74, 6) is -4.45. The number of nitrogens with two attached hydrogens (primary N) is 1. The van der Waals surface area contributed by atoms with Crippen molar-refractivity contribution in [1.82, 2.24) is 5.32 Å². The summed E-state index contributed by atoms with van der Waals surface area (Å²) in [6.45, 7) is 3.33. The number of benzene rings is 1. The molecule has 2 amide bonds. The molecule has 0 aliphatic heterocycles. The molecule has 0 saturated heterocycles. The maximum absolute atomic E-state index is 12.5. The molecule has 0 radical (unpaired) electrons. The van der Waals surface area contributed by atoms with E-state index in [2.05, 4.69) is 37.2 Å². The van der Waals surface area contributed by atoms with E-state index in [1.807, 2.05) is 0 Å². The summed E-state index contributed by atoms with van der Waals surface area (Å²) in [6, 6.07) is 3.34. The number of ether oxygens (including phenoxy) is 2. The minimum absolute atomic E-state index is 0.0379. The molecule has 0 aromatic heterocycles. The maximum atomic E-state index is 12.5. The second-order valence-electron chi connectivity index (χ2n) is 5.38. The monoisotopic (exact) mass is 506 g/mol. The Morgan fingerprint density at radius 3 is 2.07 bits per heavy atom. The number of rotatable bonds is 9. The lowest BCUT2D eigenvalue weighted by Gasteiger charge is -2.23. The molecular weight excluding hydrogens is 488 g/mol. The van der Waals surface area contributed by atoms with Gasteiger partial charge in [-0.15, -0.1) is 0 Å². The number of nitrogens with one attached hydrogen (secondary N) is 1. The zero-order chi connectivity index (χ0) is 20.6. The second kappa shape index (κ2) is 11.0. The summed E-state index contributed by atoms with van der Waals surface area (Å²) < 4.78 is 11.0. The van der Waals surface area contributed by atoms with Gasteiger partial charge in [0.15, 0.2) is 0 Å². The van der Waals surface area contributed by atoms with Crippen LogP contribution in [0.25, 0.3) is 0 Å². The SMILES string of the molecule is CCOC(=O)C[C@H](C(=O)OCC)[C@@H](NC(=O)c1cc(Br)cc(Br)c1)C(N)=O. The van der Waals surface area contributed by atoms with Gasteiger partial charge in [0.1, 0.15) is 6.04 Å². The van der Waals surface area contributed by atoms with Gasteiger partial charge < -0.3 is 20.5 Å². The fraction of sp³-hybridized carbons (Fsp3) is 0.412. The zero-order valence-corrected chi connectivity index (χ0v) is 18.0. The van der Waals surface area contributed by atoms with Crippen LogP contribution in [0.3, 0.4) is 0 Å². The van der Waals surface area contributed by atoms with Gasteiger partial charge in [0.25, 0.3) is 5.91 Å². The molecule has 0 spiro atoms. The van der Waals surface area contributed by atoms with E-state index in [4.69, 9.17) is 15.2 Å². The number of hydrogen-bond donors (Lipinski definition) is 2. The zero-order valence-electron chi connectivity index (χ0n) is 14.8. The molecule has 0 aliphatic carbocycles. The van der Waals surface area contributed by atoms with Crippen molar-refractivity contribution in [3.05, 3.63) is 32.7 Å². The van der Waals surface area contributed by atoms with Crippen molar-refractivity contribution in [2.45, 2.75) is 26.3 Å². The number of carbonyl (C=O) groups is 4. The van der Waals surface area contributed by atoms with Gasteiger partial charge in [-0.2, -0.15) is 0 Å². The number of primary amides is 1. The summed E-state index contributed by atoms with van der Waals surface area (Å²) in [4.78, 5) is 48.5. The Hall–Kier alpha value is -1.94. The first-order chi connectivity index (χ1) is 12.7. The number of carbonyl (C=O) groups excluding carboxylic acids is 4. The van der Waals surface area contributed by atoms with Crippen molar-refractivity contribution in [2.75, 3.05) is 13.2 Å². The largest absolute Gasteiger partial charge is 0.466 e. The van der Waals surface area contributed by atoms with E-state index in [0.29, 0.717) is 8.95 Å². The second-order valence-corrected chi connectivity index (χ2v) is 7.21. The van der Waals surface area contributed by atoms with Gasteiger partial charge in [0, 0.05) is 14.5 Å². The minimum atomic E-state index is -1.45. The van der Waals surface area contributed by atoms with Crippen molar-refractivity contribution in [1.29, 1.82) is 0 Å². The Bertz CT molecular complexity index is 705. The van der Waals surface area contributed by atoms with Gasteiger partial charge in [-0.25, -0.2) is 0 Å². The summed E-state index contributed by atoms with van der Waals surface area (Å²) >= 11 is 6.52. The van der Waals surface area contributed by atoms with Crippen molar-refractivity contribution < 1.29 is 28.7 Å². The van der Waals surface area contributed by atoms with Crippen molar-refractivity contribution in [3.8, 4) is 0 Å². The van der Waals surface area contributed by atoms with E-state index < -0.39 is 42.1 Å². The van der Waals surface area contributed by atoms with E-state index in [1.54, 1.807) is 19.9 Å². The molecule has 1 aromatic rings. The molecule has 0 saturated carbocycles. The first-order valence-corrected chi connectivity index (χ1v) is 9.66. The normalized spacial score (nSPS) is 12.6. The van der Waals surface area contributed by atoms with Crippen LogP contribution in [0.15, 0.2) is 27.1 Å². The van der Waals surface area contributed by atoms with Gasteiger partial charge >= 0.3 is 11.9 Å². The molecule has 0 heterocycles. The van der Waals surface area contributed by atoms with Crippen LogP contribution >= 0.6 is 31.9 Å². The highest BCUT2D eigenvalue weighted by Gasteiger charge is 2.37. The molecule has 0 bridgehead atoms. The van der Waals surface area contributed by atoms with Crippen molar-refractivity contribution in [2.24, 2.45) is 11.7 Å². The topological polar surface area (TPSA) is 125 Å². The number of amides is 2. The maximum Gasteiger partial charge on any atom is 0.312 e. The summed E-state index contributed by atoms with van der Waals surface area (Å²) in [7, 11) is 0. The number of hydrogen-bond acceptors (Lipinski definition) is 6. The van der Waals surface area contributed by atoms with Gasteiger partial charge in [-0.1, -0.05) is 31.9 Å². The van der Waals surface area contributed by atoms with Crippen LogP contribution in [0.2, 0.25) is 0 Å². The Labute approximate surface area is 173 Å². The lowest BCUT2D eigenvalue weighted by molar-refractivity contribution is -0.156. The fourth-order valence-electron chi connectivity index (χ4n) is 2.27. The summed E-state index contributed by atoms with van der Waals surface area (Å²) in [5, 5.41) is 2.41. The van der Waals surface area contributed by atoms with Gasteiger partial charge in [0.2, 0.25) is 5.91 Å². The molecule has 3 N–H and O–H groups in total. The third kappa shape index (κ3) is 7.30. The smallest absolute Gasteiger partial charge is 0.312 e. The fourth-order valence-corrected chi connectivity index (χ4v) is 3.56. The Kier molecular flexibility index (Phi) is 9.44. The van der Waals surface area contributed by atoms with Gasteiger partial charge in [-0.05, 0) is 32.0 Å². The van der Waals surface area contributed by atoms with Crippen LogP contribution in [0.1, 0.15) is 30.6 Å². The third-order valence-electron chi connectivity index (χ3n) is 3.40. The quantitative estimate of drug-likeness (QED) is 0.492. The first-order valence-electron chi connectivity index (χ1n) is 8.08. The molecule has 27 heavy (non-hydrogen) atoms. The standard InChI is InChI=1S/C17H20Br2N2O6/c1-3-26-13(22)8-12(17(25)27-4-2)14(15(20)23)21-16(24)9-5-10(18)7-11(19)6-9/h5-7,12,14H,3-4,8H2,1-2H3,(H2,20,23)(H,21,24)/t12-,14+/m0/s1. The third-order valence-corrected chi connectivity index (χ3v) is 4.32. The van der Waals surface area contributed by atoms with Gasteiger partial charge in [0.05, 0.1) is 25.6 Å². The molecule has 0 aliphatic rings. The Morgan fingerprint density at radius 2 is 1.59 bits per heavy atom. The average molecular weight is 508 g/mol. The lowest BCUT2D eigenvalue weighted by atomic mass is 9.95. The molecule has 8 nitrogen and oxygen atoms in total. The van der Waals surface area contributed by atoms with E-state index in [1.165, 1.54) is 12.1 Å². The highest BCUT2D eigenvalue weighted by Crippen LogP contribution is 2.21. The number of esters is 2. The predicted octanol–water partition coefficient (Wildman–Crippen LogP) is 1.93. The average Bonchev–Trinajstić information content (AvgIpc) is 2.57. The molecule has 1 aromatic carbocycles. The summed E-state index contributed by atoms with van der Waals surface area (Å²) in [6.07, 6.45) is -0.456. The molecular formula is C17H20Br2N2O6. The molecule has 0 unspecified atom stereocenters. The summed E-state index contributed by atoms with van der Waals surface area (Å²) in [5.41, 5.74) is 5.60. The minimum Gasteiger partial charge on any atom is -0.466 e. The first kappa shape index (κ1) is 23.1. The Morgan fingerprint density at radius 1 is 1.04 bits per heavy atom. The molecule has 10 heteroatoms. The van der Waals surface area contributed by atoms with E-state index in [0.717, 1.165) is 0 Å². The highest BCUT2D eigenvalue weighted by molar-refractivity contribution is 9.11. The van der Waals surface area contributed by atoms with E-state index in [9.17, 15) is 19.2 Å². The lowest BCUT2D eigenvalue weighted by Crippen LogP contribution is -2.52. The molecule has 0 fully saturated rings. The Balaban J connectivity index is 3.11. The molecule has 148 valence electrons. The molecule has 1 rings (SSSR count). The predicted molar refractivity (Wildman–Crippen MR) is 104 cm³/mol. The van der Waals surface area contributed by atoms with Gasteiger partial charge in [-0.3, -0.25) is 19.2 Å². The van der Waals surface area contributed by atoms with Crippen LogP contribution in [0.4, 0.5) is 0 Å². The van der Waals surface area contributed by atoms with E-state index in [-0.39, 0.29) is 18.8 Å². The van der Waals surface area contributed by atoms with Crippen molar-refractivity contribution >= 4 is 55.6 Å². The van der Waals surface area contributed by atoms with Crippen LogP contribution in [-0.2, 0) is 23.9 Å². The number of halogens is 2.